The lowest BCUT2D eigenvalue weighted by molar-refractivity contribution is 0.100. The Bertz CT molecular complexity index is 585. The summed E-state index contributed by atoms with van der Waals surface area (Å²) in [5, 5.41) is 3.14. The predicted octanol–water partition coefficient (Wildman–Crippen LogP) is 3.04. The number of hydrogen-bond donors (Lipinski definition) is 2. The number of anilines is 1. The molecule has 104 valence electrons. The van der Waals surface area contributed by atoms with E-state index in [1.807, 2.05) is 36.4 Å². The molecular formula is C15H15BrN2O2. The van der Waals surface area contributed by atoms with E-state index >= 15 is 0 Å². The second kappa shape index (κ2) is 6.96. The van der Waals surface area contributed by atoms with Crippen molar-refractivity contribution in [3.05, 3.63) is 58.6 Å². The molecular weight excluding hydrogens is 320 g/mol. The van der Waals surface area contributed by atoms with Crippen LogP contribution < -0.4 is 15.8 Å². The molecule has 1 amide bonds. The molecule has 0 radical (unpaired) electrons. The zero-order valence-electron chi connectivity index (χ0n) is 10.8. The number of carbonyl (C=O) groups excluding carboxylic acids is 1. The summed E-state index contributed by atoms with van der Waals surface area (Å²) in [5.41, 5.74) is 6.51. The van der Waals surface area contributed by atoms with E-state index in [4.69, 9.17) is 10.5 Å². The molecule has 0 aromatic heterocycles. The molecule has 4 nitrogen and oxygen atoms in total. The quantitative estimate of drug-likeness (QED) is 0.798. The van der Waals surface area contributed by atoms with E-state index in [-0.39, 0.29) is 0 Å². The van der Waals surface area contributed by atoms with Crippen molar-refractivity contribution in [2.75, 3.05) is 18.5 Å². The monoisotopic (exact) mass is 334 g/mol. The molecule has 2 aromatic rings. The highest BCUT2D eigenvalue weighted by Gasteiger charge is 2.05. The number of carbonyl (C=O) groups is 1. The van der Waals surface area contributed by atoms with E-state index in [2.05, 4.69) is 21.2 Å². The van der Waals surface area contributed by atoms with Crippen molar-refractivity contribution < 1.29 is 9.53 Å². The molecule has 0 aliphatic carbocycles. The number of primary amides is 1. The summed E-state index contributed by atoms with van der Waals surface area (Å²) >= 11 is 3.37. The number of nitrogens with one attached hydrogen (secondary N) is 1. The summed E-state index contributed by atoms with van der Waals surface area (Å²) in [6, 6.07) is 14.8. The summed E-state index contributed by atoms with van der Waals surface area (Å²) in [5.74, 6) is 0.361. The Kier molecular flexibility index (Phi) is 5.01. The summed E-state index contributed by atoms with van der Waals surface area (Å²) in [6.45, 7) is 1.08. The van der Waals surface area contributed by atoms with Crippen LogP contribution in [-0.4, -0.2) is 19.1 Å². The first-order valence-electron chi connectivity index (χ1n) is 6.18. The number of hydrogen-bond acceptors (Lipinski definition) is 3. The molecule has 0 aliphatic rings. The van der Waals surface area contributed by atoms with Crippen LogP contribution >= 0.6 is 15.9 Å². The van der Waals surface area contributed by atoms with Crippen LogP contribution in [0, 0.1) is 0 Å². The van der Waals surface area contributed by atoms with Gasteiger partial charge in [-0.05, 0) is 36.4 Å². The zero-order chi connectivity index (χ0) is 14.4. The fraction of sp³-hybridized carbons (Fsp3) is 0.133. The Morgan fingerprint density at radius 3 is 2.55 bits per heavy atom. The Morgan fingerprint density at radius 1 is 1.15 bits per heavy atom. The van der Waals surface area contributed by atoms with Gasteiger partial charge < -0.3 is 15.8 Å². The molecule has 0 saturated heterocycles. The molecule has 0 unspecified atom stereocenters. The van der Waals surface area contributed by atoms with E-state index in [0.717, 1.165) is 15.9 Å². The third-order valence-electron chi connectivity index (χ3n) is 2.69. The van der Waals surface area contributed by atoms with Crippen molar-refractivity contribution >= 4 is 27.5 Å². The summed E-state index contributed by atoms with van der Waals surface area (Å²) in [7, 11) is 0. The Hall–Kier alpha value is -2.01. The Balaban J connectivity index is 1.84. The van der Waals surface area contributed by atoms with E-state index in [0.29, 0.717) is 18.7 Å². The summed E-state index contributed by atoms with van der Waals surface area (Å²) < 4.78 is 6.60. The predicted molar refractivity (Wildman–Crippen MR) is 83.1 cm³/mol. The van der Waals surface area contributed by atoms with Gasteiger partial charge in [-0.3, -0.25) is 4.79 Å². The largest absolute Gasteiger partial charge is 0.492 e. The van der Waals surface area contributed by atoms with Gasteiger partial charge in [0.15, 0.2) is 0 Å². The highest BCUT2D eigenvalue weighted by atomic mass is 79.9. The van der Waals surface area contributed by atoms with Crippen molar-refractivity contribution in [3.63, 3.8) is 0 Å². The molecule has 3 N–H and O–H groups in total. The topological polar surface area (TPSA) is 64.4 Å². The Labute approximate surface area is 126 Å². The molecule has 0 saturated carbocycles. The van der Waals surface area contributed by atoms with Gasteiger partial charge in [-0.25, -0.2) is 0 Å². The number of halogens is 1. The maximum Gasteiger partial charge on any atom is 0.250 e. The van der Waals surface area contributed by atoms with Crippen molar-refractivity contribution in [2.45, 2.75) is 0 Å². The van der Waals surface area contributed by atoms with Gasteiger partial charge in [-0.15, -0.1) is 0 Å². The average Bonchev–Trinajstić information content (AvgIpc) is 2.46. The standard InChI is InChI=1S/C15H15BrN2O2/c16-11-5-7-12(8-6-11)20-10-9-18-14-4-2-1-3-13(14)15(17)19/h1-8,18H,9-10H2,(H2,17,19). The van der Waals surface area contributed by atoms with Crippen LogP contribution in [0.1, 0.15) is 10.4 Å². The van der Waals surface area contributed by atoms with E-state index in [1.165, 1.54) is 0 Å². The van der Waals surface area contributed by atoms with Crippen LogP contribution in [0.3, 0.4) is 0 Å². The highest BCUT2D eigenvalue weighted by molar-refractivity contribution is 9.10. The first-order valence-corrected chi connectivity index (χ1v) is 6.97. The second-order valence-electron chi connectivity index (χ2n) is 4.14. The summed E-state index contributed by atoms with van der Waals surface area (Å²) in [6.07, 6.45) is 0. The number of nitrogens with two attached hydrogens (primary N) is 1. The van der Waals surface area contributed by atoms with Gasteiger partial charge in [-0.2, -0.15) is 0 Å². The minimum atomic E-state index is -0.443. The van der Waals surface area contributed by atoms with Gasteiger partial charge in [0.05, 0.1) is 5.56 Å². The van der Waals surface area contributed by atoms with Gasteiger partial charge in [0.1, 0.15) is 12.4 Å². The molecule has 2 aromatic carbocycles. The first-order chi connectivity index (χ1) is 9.66. The normalized spacial score (nSPS) is 10.1. The number of rotatable bonds is 6. The fourth-order valence-corrected chi connectivity index (χ4v) is 2.00. The number of para-hydroxylation sites is 1. The van der Waals surface area contributed by atoms with Gasteiger partial charge in [0.2, 0.25) is 0 Å². The van der Waals surface area contributed by atoms with E-state index in [9.17, 15) is 4.79 Å². The molecule has 0 bridgehead atoms. The molecule has 20 heavy (non-hydrogen) atoms. The number of amides is 1. The summed E-state index contributed by atoms with van der Waals surface area (Å²) in [4.78, 5) is 11.3. The molecule has 0 atom stereocenters. The van der Waals surface area contributed by atoms with Crippen LogP contribution in [-0.2, 0) is 0 Å². The SMILES string of the molecule is NC(=O)c1ccccc1NCCOc1ccc(Br)cc1. The van der Waals surface area contributed by atoms with Crippen LogP contribution in [0.25, 0.3) is 0 Å². The number of benzene rings is 2. The van der Waals surface area contributed by atoms with Gasteiger partial charge >= 0.3 is 0 Å². The van der Waals surface area contributed by atoms with Crippen LogP contribution in [0.2, 0.25) is 0 Å². The minimum absolute atomic E-state index is 0.443. The molecule has 2 rings (SSSR count). The minimum Gasteiger partial charge on any atom is -0.492 e. The molecule has 0 spiro atoms. The van der Waals surface area contributed by atoms with Crippen LogP contribution in [0.5, 0.6) is 5.75 Å². The van der Waals surface area contributed by atoms with Gasteiger partial charge in [0.25, 0.3) is 5.91 Å². The molecule has 0 aliphatic heterocycles. The first kappa shape index (κ1) is 14.4. The van der Waals surface area contributed by atoms with Crippen molar-refractivity contribution in [1.29, 1.82) is 0 Å². The maximum absolute atomic E-state index is 11.3. The lowest BCUT2D eigenvalue weighted by atomic mass is 10.1. The third-order valence-corrected chi connectivity index (χ3v) is 3.22. The Morgan fingerprint density at radius 2 is 1.85 bits per heavy atom. The van der Waals surface area contributed by atoms with E-state index < -0.39 is 5.91 Å². The zero-order valence-corrected chi connectivity index (χ0v) is 12.4. The van der Waals surface area contributed by atoms with E-state index in [1.54, 1.807) is 12.1 Å². The van der Waals surface area contributed by atoms with Crippen molar-refractivity contribution in [1.82, 2.24) is 0 Å². The lowest BCUT2D eigenvalue weighted by Crippen LogP contribution is -2.17. The molecule has 0 heterocycles. The van der Waals surface area contributed by atoms with Gasteiger partial charge in [0, 0.05) is 16.7 Å². The number of ether oxygens (including phenoxy) is 1. The van der Waals surface area contributed by atoms with Crippen molar-refractivity contribution in [3.8, 4) is 5.75 Å². The van der Waals surface area contributed by atoms with Crippen LogP contribution in [0.15, 0.2) is 53.0 Å². The molecule has 0 fully saturated rings. The average molecular weight is 335 g/mol. The smallest absolute Gasteiger partial charge is 0.250 e. The third kappa shape index (κ3) is 3.99. The van der Waals surface area contributed by atoms with Gasteiger partial charge in [-0.1, -0.05) is 28.1 Å². The molecule has 5 heteroatoms. The highest BCUT2D eigenvalue weighted by Crippen LogP contribution is 2.16. The van der Waals surface area contributed by atoms with Crippen LogP contribution in [0.4, 0.5) is 5.69 Å². The fourth-order valence-electron chi connectivity index (χ4n) is 1.74. The second-order valence-corrected chi connectivity index (χ2v) is 5.05. The van der Waals surface area contributed by atoms with Crippen molar-refractivity contribution in [2.24, 2.45) is 5.73 Å². The lowest BCUT2D eigenvalue weighted by Gasteiger charge is -2.11. The maximum atomic E-state index is 11.3.